The molecule has 3 heteroatoms. The highest BCUT2D eigenvalue weighted by atomic mass is 16.5. The number of nitrogens with zero attached hydrogens (tertiary/aromatic N) is 1. The van der Waals surface area contributed by atoms with Crippen molar-refractivity contribution in [3.05, 3.63) is 29.8 Å². The molecule has 3 nitrogen and oxygen atoms in total. The van der Waals surface area contributed by atoms with Gasteiger partial charge in [-0.05, 0) is 57.2 Å². The molecule has 1 aliphatic carbocycles. The number of nitrogens with two attached hydrogens (primary N) is 1. The second-order valence-corrected chi connectivity index (χ2v) is 6.10. The summed E-state index contributed by atoms with van der Waals surface area (Å²) in [7, 11) is 0. The number of hydrogen-bond donors (Lipinski definition) is 1. The van der Waals surface area contributed by atoms with Crippen LogP contribution in [0, 0.1) is 5.92 Å². The van der Waals surface area contributed by atoms with Crippen molar-refractivity contribution in [2.45, 2.75) is 45.7 Å². The molecular weight excluding hydrogens is 248 g/mol. The first-order valence-corrected chi connectivity index (χ1v) is 7.82. The highest BCUT2D eigenvalue weighted by Gasteiger charge is 2.26. The summed E-state index contributed by atoms with van der Waals surface area (Å²) in [6.45, 7) is 9.34. The molecule has 1 aromatic carbocycles. The summed E-state index contributed by atoms with van der Waals surface area (Å²) in [6, 6.07) is 8.84. The summed E-state index contributed by atoms with van der Waals surface area (Å²) in [5, 5.41) is 0. The molecule has 2 N–H and O–H groups in total. The van der Waals surface area contributed by atoms with Crippen LogP contribution >= 0.6 is 0 Å². The minimum Gasteiger partial charge on any atom is -0.494 e. The molecule has 0 amide bonds. The molecule has 2 rings (SSSR count). The van der Waals surface area contributed by atoms with E-state index in [2.05, 4.69) is 30.9 Å². The number of benzene rings is 1. The van der Waals surface area contributed by atoms with E-state index < -0.39 is 0 Å². The molecule has 0 heterocycles. The molecule has 1 saturated carbocycles. The van der Waals surface area contributed by atoms with Crippen LogP contribution in [0.3, 0.4) is 0 Å². The largest absolute Gasteiger partial charge is 0.494 e. The van der Waals surface area contributed by atoms with Crippen LogP contribution in [-0.4, -0.2) is 30.6 Å². The van der Waals surface area contributed by atoms with Gasteiger partial charge in [-0.1, -0.05) is 12.1 Å². The van der Waals surface area contributed by atoms with Gasteiger partial charge in [0.1, 0.15) is 5.75 Å². The van der Waals surface area contributed by atoms with Gasteiger partial charge in [0.05, 0.1) is 6.61 Å². The Hall–Kier alpha value is -1.06. The standard InChI is InChI=1S/C17H28N2O/c1-4-20-16-9-7-15(8-10-16)17(18)12-19(13(2)3)11-14-5-6-14/h7-10,13-14,17H,4-6,11-12,18H2,1-3H3. The molecule has 20 heavy (non-hydrogen) atoms. The highest BCUT2D eigenvalue weighted by Crippen LogP contribution is 2.30. The zero-order valence-corrected chi connectivity index (χ0v) is 13.0. The predicted molar refractivity (Wildman–Crippen MR) is 84.0 cm³/mol. The second kappa shape index (κ2) is 7.09. The van der Waals surface area contributed by atoms with Crippen LogP contribution in [0.2, 0.25) is 0 Å². The molecule has 0 bridgehead atoms. The SMILES string of the molecule is CCOc1ccc(C(N)CN(CC2CC2)C(C)C)cc1. The van der Waals surface area contributed by atoms with Gasteiger partial charge in [-0.15, -0.1) is 0 Å². The third-order valence-corrected chi connectivity index (χ3v) is 3.97. The number of rotatable bonds is 8. The lowest BCUT2D eigenvalue weighted by atomic mass is 10.1. The predicted octanol–water partition coefficient (Wildman–Crippen LogP) is 3.21. The molecule has 0 spiro atoms. The van der Waals surface area contributed by atoms with Crippen molar-refractivity contribution in [3.63, 3.8) is 0 Å². The van der Waals surface area contributed by atoms with Gasteiger partial charge in [0.2, 0.25) is 0 Å². The maximum atomic E-state index is 6.37. The average molecular weight is 276 g/mol. The Morgan fingerprint density at radius 2 is 1.90 bits per heavy atom. The lowest BCUT2D eigenvalue weighted by Gasteiger charge is -2.29. The van der Waals surface area contributed by atoms with E-state index in [1.165, 1.54) is 24.9 Å². The van der Waals surface area contributed by atoms with Gasteiger partial charge in [-0.2, -0.15) is 0 Å². The molecule has 0 aromatic heterocycles. The third kappa shape index (κ3) is 4.50. The van der Waals surface area contributed by atoms with Gasteiger partial charge in [0, 0.05) is 25.2 Å². The first-order valence-electron chi connectivity index (χ1n) is 7.82. The summed E-state index contributed by atoms with van der Waals surface area (Å²) >= 11 is 0. The van der Waals surface area contributed by atoms with Crippen LogP contribution < -0.4 is 10.5 Å². The van der Waals surface area contributed by atoms with E-state index >= 15 is 0 Å². The quantitative estimate of drug-likeness (QED) is 0.792. The Bertz CT molecular complexity index is 398. The van der Waals surface area contributed by atoms with Crippen LogP contribution in [0.25, 0.3) is 0 Å². The summed E-state index contributed by atoms with van der Waals surface area (Å²) in [4.78, 5) is 2.51. The fourth-order valence-corrected chi connectivity index (χ4v) is 2.46. The van der Waals surface area contributed by atoms with E-state index in [-0.39, 0.29) is 6.04 Å². The minimum absolute atomic E-state index is 0.0758. The molecule has 1 aromatic rings. The van der Waals surface area contributed by atoms with Crippen molar-refractivity contribution in [2.24, 2.45) is 11.7 Å². The molecular formula is C17H28N2O. The van der Waals surface area contributed by atoms with E-state index in [9.17, 15) is 0 Å². The van der Waals surface area contributed by atoms with Crippen molar-refractivity contribution in [2.75, 3.05) is 19.7 Å². The highest BCUT2D eigenvalue weighted by molar-refractivity contribution is 5.29. The maximum Gasteiger partial charge on any atom is 0.119 e. The fourth-order valence-electron chi connectivity index (χ4n) is 2.46. The van der Waals surface area contributed by atoms with Crippen molar-refractivity contribution in [3.8, 4) is 5.75 Å². The monoisotopic (exact) mass is 276 g/mol. The summed E-state index contributed by atoms with van der Waals surface area (Å²) in [6.07, 6.45) is 2.78. The average Bonchev–Trinajstić information content (AvgIpc) is 3.23. The number of ether oxygens (including phenoxy) is 1. The van der Waals surface area contributed by atoms with E-state index in [0.717, 1.165) is 18.2 Å². The Kier molecular flexibility index (Phi) is 5.44. The third-order valence-electron chi connectivity index (χ3n) is 3.97. The molecule has 1 unspecified atom stereocenters. The summed E-state index contributed by atoms with van der Waals surface area (Å²) in [5.41, 5.74) is 7.56. The smallest absolute Gasteiger partial charge is 0.119 e. The van der Waals surface area contributed by atoms with Gasteiger partial charge < -0.3 is 10.5 Å². The van der Waals surface area contributed by atoms with Crippen molar-refractivity contribution >= 4 is 0 Å². The van der Waals surface area contributed by atoms with Gasteiger partial charge in [-0.25, -0.2) is 0 Å². The van der Waals surface area contributed by atoms with Crippen LogP contribution in [0.4, 0.5) is 0 Å². The molecule has 1 aliphatic rings. The molecule has 112 valence electrons. The summed E-state index contributed by atoms with van der Waals surface area (Å²) in [5.74, 6) is 1.83. The fraction of sp³-hybridized carbons (Fsp3) is 0.647. The van der Waals surface area contributed by atoms with Crippen molar-refractivity contribution < 1.29 is 4.74 Å². The van der Waals surface area contributed by atoms with E-state index in [1.807, 2.05) is 19.1 Å². The maximum absolute atomic E-state index is 6.37. The van der Waals surface area contributed by atoms with Gasteiger partial charge in [-0.3, -0.25) is 4.90 Å². The molecule has 0 aliphatic heterocycles. The second-order valence-electron chi connectivity index (χ2n) is 6.10. The Labute approximate surface area is 123 Å². The van der Waals surface area contributed by atoms with Crippen LogP contribution in [0.1, 0.15) is 45.2 Å². The lowest BCUT2D eigenvalue weighted by Crippen LogP contribution is -2.38. The van der Waals surface area contributed by atoms with Gasteiger partial charge in [0.15, 0.2) is 0 Å². The minimum atomic E-state index is 0.0758. The molecule has 0 saturated heterocycles. The lowest BCUT2D eigenvalue weighted by molar-refractivity contribution is 0.200. The van der Waals surface area contributed by atoms with Gasteiger partial charge >= 0.3 is 0 Å². The van der Waals surface area contributed by atoms with Crippen molar-refractivity contribution in [1.29, 1.82) is 0 Å². The topological polar surface area (TPSA) is 38.5 Å². The van der Waals surface area contributed by atoms with E-state index in [0.29, 0.717) is 12.6 Å². The van der Waals surface area contributed by atoms with Crippen LogP contribution in [-0.2, 0) is 0 Å². The Balaban J connectivity index is 1.92. The Morgan fingerprint density at radius 3 is 2.40 bits per heavy atom. The zero-order chi connectivity index (χ0) is 14.5. The number of hydrogen-bond acceptors (Lipinski definition) is 3. The molecule has 1 atom stereocenters. The normalized spacial score (nSPS) is 16.7. The van der Waals surface area contributed by atoms with Crippen LogP contribution in [0.5, 0.6) is 5.75 Å². The van der Waals surface area contributed by atoms with Crippen LogP contribution in [0.15, 0.2) is 24.3 Å². The molecule has 0 radical (unpaired) electrons. The molecule has 1 fully saturated rings. The van der Waals surface area contributed by atoms with Gasteiger partial charge in [0.25, 0.3) is 0 Å². The summed E-state index contributed by atoms with van der Waals surface area (Å²) < 4.78 is 5.47. The van der Waals surface area contributed by atoms with Crippen molar-refractivity contribution in [1.82, 2.24) is 4.90 Å². The first-order chi connectivity index (χ1) is 9.60. The first kappa shape index (κ1) is 15.3. The van der Waals surface area contributed by atoms with E-state index in [4.69, 9.17) is 10.5 Å². The Morgan fingerprint density at radius 1 is 1.25 bits per heavy atom. The zero-order valence-electron chi connectivity index (χ0n) is 13.0. The van der Waals surface area contributed by atoms with E-state index in [1.54, 1.807) is 0 Å².